The third-order valence-corrected chi connectivity index (χ3v) is 3.99. The zero-order valence-corrected chi connectivity index (χ0v) is 11.8. The van der Waals surface area contributed by atoms with Gasteiger partial charge in [-0.1, -0.05) is 0 Å². The fourth-order valence-electron chi connectivity index (χ4n) is 1.11. The number of hydrogen-bond acceptors (Lipinski definition) is 4. The molecule has 0 fully saturated rings. The number of hydrogen-bond donors (Lipinski definition) is 1. The van der Waals surface area contributed by atoms with Crippen LogP contribution in [0.5, 0.6) is 0 Å². The van der Waals surface area contributed by atoms with Crippen molar-refractivity contribution in [1.82, 2.24) is 0 Å². The van der Waals surface area contributed by atoms with Crippen LogP contribution < -0.4 is 4.72 Å². The molecule has 0 saturated carbocycles. The van der Waals surface area contributed by atoms with E-state index in [1.165, 1.54) is 25.3 Å². The fraction of sp³-hybridized carbons (Fsp3) is 0.300. The molecule has 17 heavy (non-hydrogen) atoms. The second-order valence-corrected chi connectivity index (χ2v) is 6.06. The van der Waals surface area contributed by atoms with Crippen molar-refractivity contribution in [2.24, 2.45) is 0 Å². The molecule has 0 spiro atoms. The van der Waals surface area contributed by atoms with Crippen molar-refractivity contribution >= 4 is 37.6 Å². The summed E-state index contributed by atoms with van der Waals surface area (Å²) in [6, 6.07) is 4.51. The second kappa shape index (κ2) is 5.50. The lowest BCUT2D eigenvalue weighted by Crippen LogP contribution is -2.14. The van der Waals surface area contributed by atoms with E-state index in [-0.39, 0.29) is 5.75 Å². The molecule has 0 aliphatic rings. The molecular weight excluding hydrogens is 310 g/mol. The Morgan fingerprint density at radius 1 is 1.47 bits per heavy atom. The number of sulfonamides is 1. The van der Waals surface area contributed by atoms with Gasteiger partial charge in [0, 0.05) is 10.2 Å². The molecule has 1 aromatic carbocycles. The van der Waals surface area contributed by atoms with Crippen LogP contribution in [0.3, 0.4) is 0 Å². The number of rotatable bonds is 4. The van der Waals surface area contributed by atoms with E-state index in [9.17, 15) is 13.2 Å². The fourth-order valence-corrected chi connectivity index (χ4v) is 2.28. The molecule has 1 N–H and O–H groups in total. The molecule has 0 aromatic heterocycles. The first-order valence-electron chi connectivity index (χ1n) is 4.78. The van der Waals surface area contributed by atoms with E-state index in [0.717, 1.165) is 0 Å². The van der Waals surface area contributed by atoms with Gasteiger partial charge < -0.3 is 4.74 Å². The van der Waals surface area contributed by atoms with Crippen LogP contribution in [-0.4, -0.2) is 27.2 Å². The molecule has 5 nitrogen and oxygen atoms in total. The summed E-state index contributed by atoms with van der Waals surface area (Å²) in [4.78, 5) is 11.3. The zero-order valence-electron chi connectivity index (χ0n) is 9.36. The topological polar surface area (TPSA) is 72.5 Å². The van der Waals surface area contributed by atoms with Crippen molar-refractivity contribution in [1.29, 1.82) is 0 Å². The molecule has 1 aromatic rings. The lowest BCUT2D eigenvalue weighted by Gasteiger charge is -2.08. The number of methoxy groups -OCH3 is 1. The monoisotopic (exact) mass is 321 g/mol. The summed E-state index contributed by atoms with van der Waals surface area (Å²) >= 11 is 3.18. The van der Waals surface area contributed by atoms with Gasteiger partial charge in [-0.05, 0) is 41.1 Å². The van der Waals surface area contributed by atoms with Crippen LogP contribution in [0, 0.1) is 0 Å². The summed E-state index contributed by atoms with van der Waals surface area (Å²) in [5.74, 6) is -0.495. The Hall–Kier alpha value is -1.08. The number of anilines is 1. The summed E-state index contributed by atoms with van der Waals surface area (Å²) in [5, 5.41) is 0. The molecule has 0 heterocycles. The lowest BCUT2D eigenvalue weighted by atomic mass is 10.2. The van der Waals surface area contributed by atoms with Gasteiger partial charge in [0.1, 0.15) is 0 Å². The number of benzene rings is 1. The number of esters is 1. The number of carbonyl (C=O) groups excluding carboxylic acids is 1. The highest BCUT2D eigenvalue weighted by atomic mass is 79.9. The highest BCUT2D eigenvalue weighted by Gasteiger charge is 2.12. The van der Waals surface area contributed by atoms with E-state index in [4.69, 9.17) is 0 Å². The zero-order chi connectivity index (χ0) is 13.1. The minimum atomic E-state index is -3.31. The molecule has 0 atom stereocenters. The summed E-state index contributed by atoms with van der Waals surface area (Å²) in [7, 11) is -2.03. The maximum absolute atomic E-state index is 11.3. The first kappa shape index (κ1) is 14.0. The van der Waals surface area contributed by atoms with Crippen LogP contribution in [0.15, 0.2) is 22.7 Å². The highest BCUT2D eigenvalue weighted by Crippen LogP contribution is 2.22. The minimum absolute atomic E-state index is 0.0105. The number of nitrogens with one attached hydrogen (secondary N) is 1. The first-order chi connectivity index (χ1) is 7.89. The summed E-state index contributed by atoms with van der Waals surface area (Å²) in [6.07, 6.45) is 0. The molecule has 0 bridgehead atoms. The van der Waals surface area contributed by atoms with E-state index in [1.807, 2.05) is 0 Å². The molecule has 0 saturated heterocycles. The van der Waals surface area contributed by atoms with Crippen molar-refractivity contribution in [3.05, 3.63) is 28.2 Å². The lowest BCUT2D eigenvalue weighted by molar-refractivity contribution is 0.0599. The van der Waals surface area contributed by atoms with E-state index in [1.54, 1.807) is 6.92 Å². The van der Waals surface area contributed by atoms with Crippen LogP contribution in [0.2, 0.25) is 0 Å². The normalized spacial score (nSPS) is 11.0. The average molecular weight is 322 g/mol. The Kier molecular flexibility index (Phi) is 4.53. The van der Waals surface area contributed by atoms with Crippen molar-refractivity contribution in [3.8, 4) is 0 Å². The minimum Gasteiger partial charge on any atom is -0.465 e. The third kappa shape index (κ3) is 3.71. The van der Waals surface area contributed by atoms with E-state index < -0.39 is 16.0 Å². The summed E-state index contributed by atoms with van der Waals surface area (Å²) < 4.78 is 30.1. The van der Waals surface area contributed by atoms with Gasteiger partial charge in [-0.3, -0.25) is 4.72 Å². The summed E-state index contributed by atoms with van der Waals surface area (Å²) in [6.45, 7) is 1.54. The van der Waals surface area contributed by atoms with Crippen LogP contribution in [0.4, 0.5) is 5.69 Å². The summed E-state index contributed by atoms with van der Waals surface area (Å²) in [5.41, 5.74) is 0.735. The largest absolute Gasteiger partial charge is 0.465 e. The van der Waals surface area contributed by atoms with Crippen LogP contribution >= 0.6 is 15.9 Å². The Morgan fingerprint density at radius 3 is 2.59 bits per heavy atom. The molecular formula is C10H12BrNO4S. The standard InChI is InChI=1S/C10H12BrNO4S/c1-3-17(14,15)12-7-4-5-8(9(11)6-7)10(13)16-2/h4-6,12H,3H2,1-2H3. The molecule has 0 radical (unpaired) electrons. The predicted molar refractivity (Wildman–Crippen MR) is 68.6 cm³/mol. The first-order valence-corrected chi connectivity index (χ1v) is 7.22. The Balaban J connectivity index is 3.01. The van der Waals surface area contributed by atoms with Gasteiger partial charge in [0.25, 0.3) is 0 Å². The maximum atomic E-state index is 11.3. The highest BCUT2D eigenvalue weighted by molar-refractivity contribution is 9.10. The van der Waals surface area contributed by atoms with Crippen LogP contribution in [0.25, 0.3) is 0 Å². The molecule has 7 heteroatoms. The molecule has 0 amide bonds. The van der Waals surface area contributed by atoms with E-state index in [0.29, 0.717) is 15.7 Å². The molecule has 0 aliphatic heterocycles. The van der Waals surface area contributed by atoms with Gasteiger partial charge in [-0.2, -0.15) is 0 Å². The van der Waals surface area contributed by atoms with Crippen molar-refractivity contribution in [2.45, 2.75) is 6.92 Å². The van der Waals surface area contributed by atoms with Gasteiger partial charge >= 0.3 is 5.97 Å². The van der Waals surface area contributed by atoms with Gasteiger partial charge in [0.05, 0.1) is 18.4 Å². The van der Waals surface area contributed by atoms with Crippen molar-refractivity contribution in [3.63, 3.8) is 0 Å². The van der Waals surface area contributed by atoms with Gasteiger partial charge in [0.2, 0.25) is 10.0 Å². The number of ether oxygens (including phenoxy) is 1. The molecule has 0 aliphatic carbocycles. The second-order valence-electron chi connectivity index (χ2n) is 3.19. The molecule has 94 valence electrons. The number of carbonyl (C=O) groups is 1. The van der Waals surface area contributed by atoms with Gasteiger partial charge in [-0.25, -0.2) is 13.2 Å². The molecule has 1 rings (SSSR count). The number of halogens is 1. The smallest absolute Gasteiger partial charge is 0.339 e. The quantitative estimate of drug-likeness (QED) is 0.861. The van der Waals surface area contributed by atoms with Crippen molar-refractivity contribution < 1.29 is 17.9 Å². The van der Waals surface area contributed by atoms with Gasteiger partial charge in [0.15, 0.2) is 0 Å². The van der Waals surface area contributed by atoms with Gasteiger partial charge in [-0.15, -0.1) is 0 Å². The Morgan fingerprint density at radius 2 is 2.12 bits per heavy atom. The Bertz CT molecular complexity index is 527. The third-order valence-electron chi connectivity index (χ3n) is 2.03. The van der Waals surface area contributed by atoms with Crippen LogP contribution in [0.1, 0.15) is 17.3 Å². The SMILES string of the molecule is CCS(=O)(=O)Nc1ccc(C(=O)OC)c(Br)c1. The van der Waals surface area contributed by atoms with Crippen molar-refractivity contribution in [2.75, 3.05) is 17.6 Å². The van der Waals surface area contributed by atoms with E-state index >= 15 is 0 Å². The maximum Gasteiger partial charge on any atom is 0.339 e. The molecule has 0 unspecified atom stereocenters. The average Bonchev–Trinajstić information content (AvgIpc) is 2.28. The van der Waals surface area contributed by atoms with E-state index in [2.05, 4.69) is 25.4 Å². The van der Waals surface area contributed by atoms with Crippen LogP contribution in [-0.2, 0) is 14.8 Å². The predicted octanol–water partition coefficient (Wildman–Crippen LogP) is 2.00. The Labute approximate surface area is 108 Å².